The number of carbonyl (C=O) groups is 4. The lowest BCUT2D eigenvalue weighted by Crippen LogP contribution is -2.35. The van der Waals surface area contributed by atoms with E-state index < -0.39 is 0 Å². The van der Waals surface area contributed by atoms with Crippen LogP contribution < -0.4 is 9.64 Å². The monoisotopic (exact) mass is 404 g/mol. The third-order valence-corrected chi connectivity index (χ3v) is 4.67. The number of ketones is 1. The summed E-state index contributed by atoms with van der Waals surface area (Å²) < 4.78 is 10.3. The molecule has 8 nitrogen and oxygen atoms in total. The predicted molar refractivity (Wildman–Crippen MR) is 107 cm³/mol. The van der Waals surface area contributed by atoms with E-state index in [0.717, 1.165) is 6.42 Å². The standard InChI is InChI=1S/C21H28N2O6/c1-4-11-23(12-10-21(27)28-5-2)19(25)9-7-17(24)15-6-8-18-16(13-15)22(3)20(26)14-29-18/h6,8,13H,4-5,7,9-12,14H2,1-3H3. The summed E-state index contributed by atoms with van der Waals surface area (Å²) >= 11 is 0. The number of benzene rings is 1. The minimum Gasteiger partial charge on any atom is -0.482 e. The highest BCUT2D eigenvalue weighted by atomic mass is 16.5. The van der Waals surface area contributed by atoms with Crippen LogP contribution in [0.1, 0.15) is 49.9 Å². The highest BCUT2D eigenvalue weighted by Gasteiger charge is 2.24. The van der Waals surface area contributed by atoms with Crippen molar-refractivity contribution < 1.29 is 28.7 Å². The first-order valence-corrected chi connectivity index (χ1v) is 9.87. The number of nitrogens with zero attached hydrogens (tertiary/aromatic N) is 2. The molecule has 0 saturated heterocycles. The van der Waals surface area contributed by atoms with E-state index in [4.69, 9.17) is 9.47 Å². The summed E-state index contributed by atoms with van der Waals surface area (Å²) in [5, 5.41) is 0. The molecule has 158 valence electrons. The number of ether oxygens (including phenoxy) is 2. The molecule has 0 unspecified atom stereocenters. The molecule has 0 bridgehead atoms. The van der Waals surface area contributed by atoms with Gasteiger partial charge in [-0.3, -0.25) is 19.2 Å². The first kappa shape index (κ1) is 22.4. The van der Waals surface area contributed by atoms with Gasteiger partial charge in [0, 0.05) is 38.5 Å². The molecule has 29 heavy (non-hydrogen) atoms. The third kappa shape index (κ3) is 6.04. The minimum atomic E-state index is -0.340. The largest absolute Gasteiger partial charge is 0.482 e. The number of rotatable bonds is 10. The summed E-state index contributed by atoms with van der Waals surface area (Å²) in [4.78, 5) is 51.4. The summed E-state index contributed by atoms with van der Waals surface area (Å²) in [6.45, 7) is 4.77. The minimum absolute atomic E-state index is 0.0235. The Balaban J connectivity index is 1.95. The molecule has 1 aromatic rings. The molecule has 0 aromatic heterocycles. The second kappa shape index (κ2) is 10.6. The van der Waals surface area contributed by atoms with E-state index in [0.29, 0.717) is 30.2 Å². The molecule has 8 heteroatoms. The van der Waals surface area contributed by atoms with Crippen LogP contribution in [0.3, 0.4) is 0 Å². The van der Waals surface area contributed by atoms with Crippen LogP contribution in [0.4, 0.5) is 5.69 Å². The van der Waals surface area contributed by atoms with E-state index in [2.05, 4.69) is 0 Å². The molecular weight excluding hydrogens is 376 g/mol. The Morgan fingerprint density at radius 2 is 1.90 bits per heavy atom. The maximum atomic E-state index is 12.6. The van der Waals surface area contributed by atoms with Crippen molar-refractivity contribution in [2.75, 3.05) is 38.3 Å². The second-order valence-electron chi connectivity index (χ2n) is 6.78. The summed E-state index contributed by atoms with van der Waals surface area (Å²) in [5.74, 6) is -0.332. The lowest BCUT2D eigenvalue weighted by molar-refractivity contribution is -0.144. The number of fused-ring (bicyclic) bond motifs is 1. The molecule has 2 rings (SSSR count). The van der Waals surface area contributed by atoms with Crippen molar-refractivity contribution in [2.24, 2.45) is 0 Å². The van der Waals surface area contributed by atoms with Gasteiger partial charge in [-0.15, -0.1) is 0 Å². The molecule has 2 amide bonds. The van der Waals surface area contributed by atoms with Crippen LogP contribution in [0.2, 0.25) is 0 Å². The topological polar surface area (TPSA) is 93.2 Å². The van der Waals surface area contributed by atoms with Gasteiger partial charge < -0.3 is 19.3 Å². The Hall–Kier alpha value is -2.90. The third-order valence-electron chi connectivity index (χ3n) is 4.67. The zero-order valence-corrected chi connectivity index (χ0v) is 17.2. The maximum absolute atomic E-state index is 12.6. The molecule has 1 aromatic carbocycles. The number of likely N-dealkylation sites (N-methyl/N-ethyl adjacent to an activating group) is 1. The average molecular weight is 404 g/mol. The van der Waals surface area contributed by atoms with Crippen LogP contribution in [0.15, 0.2) is 18.2 Å². The smallest absolute Gasteiger partial charge is 0.307 e. The number of esters is 1. The highest BCUT2D eigenvalue weighted by molar-refractivity contribution is 6.02. The van der Waals surface area contributed by atoms with Crippen LogP contribution >= 0.6 is 0 Å². The van der Waals surface area contributed by atoms with Gasteiger partial charge in [-0.1, -0.05) is 6.92 Å². The Morgan fingerprint density at radius 1 is 1.14 bits per heavy atom. The number of hydrogen-bond donors (Lipinski definition) is 0. The predicted octanol–water partition coefficient (Wildman–Crippen LogP) is 2.20. The summed E-state index contributed by atoms with van der Waals surface area (Å²) in [7, 11) is 1.63. The summed E-state index contributed by atoms with van der Waals surface area (Å²) in [6.07, 6.45) is 1.01. The van der Waals surface area contributed by atoms with Gasteiger partial charge in [0.2, 0.25) is 5.91 Å². The van der Waals surface area contributed by atoms with E-state index in [1.54, 1.807) is 37.1 Å². The lowest BCUT2D eigenvalue weighted by Gasteiger charge is -2.26. The number of Topliss-reactive ketones (excluding diaryl/α,β-unsaturated/α-hetero) is 1. The van der Waals surface area contributed by atoms with Crippen LogP contribution in [-0.4, -0.2) is 61.8 Å². The fourth-order valence-electron chi connectivity index (χ4n) is 3.06. The van der Waals surface area contributed by atoms with E-state index in [1.807, 2.05) is 6.92 Å². The quantitative estimate of drug-likeness (QED) is 0.438. The first-order valence-electron chi connectivity index (χ1n) is 9.87. The van der Waals surface area contributed by atoms with Crippen molar-refractivity contribution >= 4 is 29.3 Å². The van der Waals surface area contributed by atoms with E-state index in [1.165, 1.54) is 4.90 Å². The number of anilines is 1. The van der Waals surface area contributed by atoms with Crippen molar-refractivity contribution in [2.45, 2.75) is 39.5 Å². The van der Waals surface area contributed by atoms with Gasteiger partial charge >= 0.3 is 5.97 Å². The van der Waals surface area contributed by atoms with Crippen LogP contribution in [0, 0.1) is 0 Å². The molecule has 0 fully saturated rings. The lowest BCUT2D eigenvalue weighted by atomic mass is 10.0. The van der Waals surface area contributed by atoms with Crippen LogP contribution in [0.25, 0.3) is 0 Å². The zero-order chi connectivity index (χ0) is 21.4. The van der Waals surface area contributed by atoms with Crippen molar-refractivity contribution in [1.29, 1.82) is 0 Å². The van der Waals surface area contributed by atoms with Crippen molar-refractivity contribution in [1.82, 2.24) is 4.90 Å². The van der Waals surface area contributed by atoms with E-state index >= 15 is 0 Å². The molecule has 1 heterocycles. The zero-order valence-electron chi connectivity index (χ0n) is 17.2. The Bertz CT molecular complexity index is 776. The highest BCUT2D eigenvalue weighted by Crippen LogP contribution is 2.32. The van der Waals surface area contributed by atoms with Gasteiger partial charge in [-0.25, -0.2) is 0 Å². The van der Waals surface area contributed by atoms with Gasteiger partial charge in [-0.05, 0) is 31.5 Å². The summed E-state index contributed by atoms with van der Waals surface area (Å²) in [5.41, 5.74) is 0.968. The van der Waals surface area contributed by atoms with Crippen LogP contribution in [-0.2, 0) is 19.1 Å². The number of amides is 2. The first-order chi connectivity index (χ1) is 13.9. The fraction of sp³-hybridized carbons (Fsp3) is 0.524. The molecule has 0 aliphatic carbocycles. The van der Waals surface area contributed by atoms with Gasteiger partial charge in [0.25, 0.3) is 5.91 Å². The van der Waals surface area contributed by atoms with Crippen LogP contribution in [0.5, 0.6) is 5.75 Å². The number of carbonyl (C=O) groups excluding carboxylic acids is 4. The van der Waals surface area contributed by atoms with Gasteiger partial charge in [0.05, 0.1) is 18.7 Å². The molecule has 0 atom stereocenters. The molecule has 1 aliphatic rings. The average Bonchev–Trinajstić information content (AvgIpc) is 2.71. The van der Waals surface area contributed by atoms with Gasteiger partial charge in [0.15, 0.2) is 12.4 Å². The Labute approximate surface area is 170 Å². The Kier molecular flexibility index (Phi) is 8.18. The van der Waals surface area contributed by atoms with E-state index in [9.17, 15) is 19.2 Å². The van der Waals surface area contributed by atoms with Crippen molar-refractivity contribution in [3.8, 4) is 5.75 Å². The Morgan fingerprint density at radius 3 is 2.59 bits per heavy atom. The molecule has 1 aliphatic heterocycles. The fourth-order valence-corrected chi connectivity index (χ4v) is 3.06. The van der Waals surface area contributed by atoms with E-state index in [-0.39, 0.29) is 56.0 Å². The second-order valence-corrected chi connectivity index (χ2v) is 6.78. The SMILES string of the molecule is CCCN(CCC(=O)OCC)C(=O)CCC(=O)c1ccc2c(c1)N(C)C(=O)CO2. The molecular formula is C21H28N2O6. The number of hydrogen-bond acceptors (Lipinski definition) is 6. The maximum Gasteiger partial charge on any atom is 0.307 e. The van der Waals surface area contributed by atoms with Gasteiger partial charge in [-0.2, -0.15) is 0 Å². The molecule has 0 N–H and O–H groups in total. The normalized spacial score (nSPS) is 12.8. The van der Waals surface area contributed by atoms with Crippen molar-refractivity contribution in [3.63, 3.8) is 0 Å². The molecule has 0 radical (unpaired) electrons. The van der Waals surface area contributed by atoms with Gasteiger partial charge in [0.1, 0.15) is 5.75 Å². The summed E-state index contributed by atoms with van der Waals surface area (Å²) in [6, 6.07) is 4.92. The van der Waals surface area contributed by atoms with Crippen molar-refractivity contribution in [3.05, 3.63) is 23.8 Å². The molecule has 0 spiro atoms. The molecule has 0 saturated carbocycles.